The summed E-state index contributed by atoms with van der Waals surface area (Å²) in [6.45, 7) is -0.565. The molecule has 2 heterocycles. The van der Waals surface area contributed by atoms with Crippen LogP contribution < -0.4 is 10.2 Å². The van der Waals surface area contributed by atoms with E-state index in [2.05, 4.69) is 0 Å². The molecule has 2 aromatic carbocycles. The lowest BCUT2D eigenvalue weighted by Crippen LogP contribution is -2.60. The first kappa shape index (κ1) is 20.8. The van der Waals surface area contributed by atoms with Crippen molar-refractivity contribution in [3.05, 3.63) is 64.0 Å². The first-order valence-electron chi connectivity index (χ1n) is 9.17. The highest BCUT2D eigenvalue weighted by Crippen LogP contribution is 2.27. The van der Waals surface area contributed by atoms with E-state index in [1.807, 2.05) is 0 Å². The van der Waals surface area contributed by atoms with Gasteiger partial charge < -0.3 is 34.3 Å². The fraction of sp³-hybridized carbons (Fsp3) is 0.286. The lowest BCUT2D eigenvalue weighted by atomic mass is 9.99. The third-order valence-electron chi connectivity index (χ3n) is 5.00. The van der Waals surface area contributed by atoms with Crippen molar-refractivity contribution in [1.29, 1.82) is 0 Å². The Labute approximate surface area is 175 Å². The van der Waals surface area contributed by atoms with Gasteiger partial charge in [0.15, 0.2) is 5.43 Å². The second kappa shape index (κ2) is 8.35. The summed E-state index contributed by atoms with van der Waals surface area (Å²) < 4.78 is 16.5. The van der Waals surface area contributed by atoms with E-state index in [-0.39, 0.29) is 16.8 Å². The molecule has 0 radical (unpaired) electrons. The molecule has 30 heavy (non-hydrogen) atoms. The van der Waals surface area contributed by atoms with Crippen LogP contribution in [0.15, 0.2) is 57.9 Å². The van der Waals surface area contributed by atoms with E-state index in [9.17, 15) is 25.2 Å². The molecule has 1 aromatic heterocycles. The largest absolute Gasteiger partial charge is 0.463 e. The topological polar surface area (TPSA) is 130 Å². The van der Waals surface area contributed by atoms with Crippen LogP contribution in [0.2, 0.25) is 5.02 Å². The number of hydrogen-bond acceptors (Lipinski definition) is 8. The molecule has 5 atom stereocenters. The molecule has 0 amide bonds. The van der Waals surface area contributed by atoms with Crippen molar-refractivity contribution in [2.45, 2.75) is 30.7 Å². The van der Waals surface area contributed by atoms with Crippen LogP contribution in [-0.2, 0) is 4.74 Å². The average Bonchev–Trinajstić information content (AvgIpc) is 2.75. The van der Waals surface area contributed by atoms with E-state index in [4.69, 9.17) is 25.5 Å². The number of fused-ring (bicyclic) bond motifs is 1. The van der Waals surface area contributed by atoms with Gasteiger partial charge in [-0.25, -0.2) is 0 Å². The van der Waals surface area contributed by atoms with E-state index in [0.717, 1.165) is 0 Å². The van der Waals surface area contributed by atoms with Crippen molar-refractivity contribution in [1.82, 2.24) is 0 Å². The van der Waals surface area contributed by atoms with Gasteiger partial charge in [-0.15, -0.1) is 0 Å². The number of ether oxygens (including phenoxy) is 2. The second-order valence-corrected chi connectivity index (χ2v) is 7.39. The SMILES string of the molecule is O=c1c(-c2ccc(Cl)cc2)coc2cc(O[C@@H]3O[C@H](CO)[C@H](O)[C@H](O)[C@H]3O)ccc12. The van der Waals surface area contributed by atoms with Crippen LogP contribution >= 0.6 is 11.6 Å². The molecule has 0 aliphatic carbocycles. The molecular weight excluding hydrogens is 416 g/mol. The lowest BCUT2D eigenvalue weighted by Gasteiger charge is -2.39. The number of rotatable bonds is 4. The molecule has 0 spiro atoms. The Kier molecular flexibility index (Phi) is 5.79. The van der Waals surface area contributed by atoms with Gasteiger partial charge in [0.2, 0.25) is 6.29 Å². The predicted molar refractivity (Wildman–Crippen MR) is 107 cm³/mol. The highest BCUT2D eigenvalue weighted by atomic mass is 35.5. The van der Waals surface area contributed by atoms with Gasteiger partial charge in [0.05, 0.1) is 17.6 Å². The van der Waals surface area contributed by atoms with Crippen LogP contribution in [0.1, 0.15) is 0 Å². The summed E-state index contributed by atoms with van der Waals surface area (Å²) in [5.74, 6) is 0.203. The zero-order valence-corrected chi connectivity index (χ0v) is 16.3. The summed E-state index contributed by atoms with van der Waals surface area (Å²) in [7, 11) is 0. The van der Waals surface area contributed by atoms with Crippen molar-refractivity contribution in [3.63, 3.8) is 0 Å². The van der Waals surface area contributed by atoms with Gasteiger partial charge in [-0.3, -0.25) is 4.79 Å². The molecule has 0 saturated carbocycles. The highest BCUT2D eigenvalue weighted by Gasteiger charge is 2.44. The first-order valence-corrected chi connectivity index (χ1v) is 9.55. The molecule has 9 heteroatoms. The van der Waals surface area contributed by atoms with Gasteiger partial charge in [0, 0.05) is 11.1 Å². The molecule has 3 aromatic rings. The van der Waals surface area contributed by atoms with Gasteiger partial charge in [-0.2, -0.15) is 0 Å². The van der Waals surface area contributed by atoms with Crippen LogP contribution in [0.25, 0.3) is 22.1 Å². The summed E-state index contributed by atoms with van der Waals surface area (Å²) in [4.78, 5) is 12.8. The Bertz CT molecular complexity index is 1090. The van der Waals surface area contributed by atoms with Gasteiger partial charge in [-0.1, -0.05) is 23.7 Å². The maximum absolute atomic E-state index is 12.8. The van der Waals surface area contributed by atoms with Gasteiger partial charge in [0.25, 0.3) is 0 Å². The Morgan fingerprint density at radius 3 is 2.43 bits per heavy atom. The van der Waals surface area contributed by atoms with Gasteiger partial charge in [0.1, 0.15) is 42.0 Å². The second-order valence-electron chi connectivity index (χ2n) is 6.96. The molecule has 1 aliphatic heterocycles. The number of benzene rings is 2. The highest BCUT2D eigenvalue weighted by molar-refractivity contribution is 6.30. The van der Waals surface area contributed by atoms with Crippen LogP contribution in [0.4, 0.5) is 0 Å². The third-order valence-corrected chi connectivity index (χ3v) is 5.25. The first-order chi connectivity index (χ1) is 14.4. The van der Waals surface area contributed by atoms with E-state index in [1.165, 1.54) is 24.5 Å². The van der Waals surface area contributed by atoms with Gasteiger partial charge in [-0.05, 0) is 29.8 Å². The minimum Gasteiger partial charge on any atom is -0.463 e. The lowest BCUT2D eigenvalue weighted by molar-refractivity contribution is -0.277. The normalized spacial score (nSPS) is 26.6. The summed E-state index contributed by atoms with van der Waals surface area (Å²) in [6.07, 6.45) is -5.66. The summed E-state index contributed by atoms with van der Waals surface area (Å²) in [5.41, 5.74) is 1.05. The Morgan fingerprint density at radius 1 is 1.00 bits per heavy atom. The third kappa shape index (κ3) is 3.81. The molecule has 1 aliphatic rings. The molecule has 4 N–H and O–H groups in total. The molecular formula is C21H19ClO8. The fourth-order valence-corrected chi connectivity index (χ4v) is 3.44. The van der Waals surface area contributed by atoms with Gasteiger partial charge >= 0.3 is 0 Å². The number of hydrogen-bond donors (Lipinski definition) is 4. The van der Waals surface area contributed by atoms with Crippen LogP contribution in [-0.4, -0.2) is 57.7 Å². The molecule has 0 unspecified atom stereocenters. The fourth-order valence-electron chi connectivity index (χ4n) is 3.31. The molecule has 8 nitrogen and oxygen atoms in total. The molecule has 1 fully saturated rings. The van der Waals surface area contributed by atoms with Crippen LogP contribution in [0.3, 0.4) is 0 Å². The van der Waals surface area contributed by atoms with Crippen molar-refractivity contribution >= 4 is 22.6 Å². The summed E-state index contributed by atoms with van der Waals surface area (Å²) >= 11 is 5.89. The van der Waals surface area contributed by atoms with Crippen molar-refractivity contribution in [2.75, 3.05) is 6.61 Å². The predicted octanol–water partition coefficient (Wildman–Crippen LogP) is 1.29. The standard InChI is InChI=1S/C21H19ClO8/c22-11-3-1-10(2-4-11)14-9-28-15-7-12(5-6-13(15)17(14)24)29-21-20(27)19(26)18(25)16(8-23)30-21/h1-7,9,16,18-21,23,25-27H,8H2/t16-,18+,19+,20-,21-/m1/s1. The molecule has 0 bridgehead atoms. The maximum Gasteiger partial charge on any atom is 0.229 e. The van der Waals surface area contributed by atoms with E-state index in [0.29, 0.717) is 21.5 Å². The minimum absolute atomic E-state index is 0.203. The summed E-state index contributed by atoms with van der Waals surface area (Å²) in [5, 5.41) is 40.0. The van der Waals surface area contributed by atoms with E-state index >= 15 is 0 Å². The Hall–Kier alpha value is -2.46. The zero-order valence-electron chi connectivity index (χ0n) is 15.5. The quantitative estimate of drug-likeness (QED) is 0.483. The Balaban J connectivity index is 1.62. The average molecular weight is 435 g/mol. The monoisotopic (exact) mass is 434 g/mol. The van der Waals surface area contributed by atoms with E-state index < -0.39 is 37.3 Å². The van der Waals surface area contributed by atoms with Crippen LogP contribution in [0, 0.1) is 0 Å². The maximum atomic E-state index is 12.8. The minimum atomic E-state index is -1.55. The van der Waals surface area contributed by atoms with Crippen molar-refractivity contribution < 1.29 is 34.3 Å². The number of aliphatic hydroxyl groups excluding tert-OH is 4. The number of halogens is 1. The van der Waals surface area contributed by atoms with Crippen LogP contribution in [0.5, 0.6) is 5.75 Å². The molecule has 1 saturated heterocycles. The molecule has 158 valence electrons. The number of aliphatic hydroxyl groups is 4. The smallest absolute Gasteiger partial charge is 0.229 e. The van der Waals surface area contributed by atoms with E-state index in [1.54, 1.807) is 24.3 Å². The van der Waals surface area contributed by atoms with Crippen molar-refractivity contribution in [2.24, 2.45) is 0 Å². The molecule has 4 rings (SSSR count). The summed E-state index contributed by atoms with van der Waals surface area (Å²) in [6, 6.07) is 11.3. The zero-order chi connectivity index (χ0) is 21.4. The Morgan fingerprint density at radius 2 is 1.73 bits per heavy atom. The van der Waals surface area contributed by atoms with Crippen molar-refractivity contribution in [3.8, 4) is 16.9 Å².